The number of hydrogen-bond acceptors (Lipinski definition) is 4. The standard InChI is InChI=1S/C34H53ClN4O3/c1-22-18-23(2)39(27-12-10-8-9-11-13-27)32(41)29(22)21-36-31(40)28-19-25(35)20-30(24(28)3)37(7)26-14-16-38(17-15-26)33(42)34(4,5)6/h19-20,22-23,26-27,29H,8-18,21H2,1-7H3,(H,36,40). The van der Waals surface area contributed by atoms with E-state index < -0.39 is 0 Å². The van der Waals surface area contributed by atoms with Gasteiger partial charge in [-0.15, -0.1) is 0 Å². The van der Waals surface area contributed by atoms with E-state index in [2.05, 4.69) is 36.0 Å². The van der Waals surface area contributed by atoms with Crippen LogP contribution < -0.4 is 10.2 Å². The fourth-order valence-corrected chi connectivity index (χ4v) is 7.74. The third kappa shape index (κ3) is 7.26. The van der Waals surface area contributed by atoms with Crippen LogP contribution in [0.1, 0.15) is 108 Å². The summed E-state index contributed by atoms with van der Waals surface area (Å²) in [4.78, 5) is 46.5. The van der Waals surface area contributed by atoms with Crippen LogP contribution in [-0.2, 0) is 9.59 Å². The lowest BCUT2D eigenvalue weighted by molar-refractivity contribution is -0.147. The first-order valence-electron chi connectivity index (χ1n) is 16.2. The van der Waals surface area contributed by atoms with Crippen molar-refractivity contribution < 1.29 is 14.4 Å². The molecule has 1 aliphatic carbocycles. The molecule has 3 atom stereocenters. The number of rotatable bonds is 6. The van der Waals surface area contributed by atoms with Gasteiger partial charge in [0, 0.05) is 66.5 Å². The van der Waals surface area contributed by atoms with Crippen molar-refractivity contribution in [3.8, 4) is 0 Å². The molecule has 0 aromatic heterocycles. The molecule has 2 heterocycles. The normalized spacial score (nSPS) is 24.9. The zero-order valence-corrected chi connectivity index (χ0v) is 27.7. The van der Waals surface area contributed by atoms with Gasteiger partial charge in [-0.1, -0.05) is 65.0 Å². The summed E-state index contributed by atoms with van der Waals surface area (Å²) >= 11 is 6.57. The van der Waals surface area contributed by atoms with Crippen molar-refractivity contribution in [1.82, 2.24) is 15.1 Å². The van der Waals surface area contributed by atoms with Gasteiger partial charge in [0.2, 0.25) is 11.8 Å². The van der Waals surface area contributed by atoms with Crippen LogP contribution in [0.25, 0.3) is 0 Å². The van der Waals surface area contributed by atoms with Crippen molar-refractivity contribution in [2.45, 2.75) is 117 Å². The highest BCUT2D eigenvalue weighted by Gasteiger charge is 2.41. The van der Waals surface area contributed by atoms with Crippen LogP contribution >= 0.6 is 11.6 Å². The van der Waals surface area contributed by atoms with E-state index in [1.165, 1.54) is 25.7 Å². The van der Waals surface area contributed by atoms with Gasteiger partial charge in [0.15, 0.2) is 0 Å². The molecule has 2 aliphatic heterocycles. The van der Waals surface area contributed by atoms with E-state index in [4.69, 9.17) is 11.6 Å². The van der Waals surface area contributed by atoms with E-state index in [1.54, 1.807) is 6.07 Å². The van der Waals surface area contributed by atoms with Gasteiger partial charge >= 0.3 is 0 Å². The number of nitrogens with zero attached hydrogens (tertiary/aromatic N) is 3. The number of carbonyl (C=O) groups is 3. The highest BCUT2D eigenvalue weighted by atomic mass is 35.5. The summed E-state index contributed by atoms with van der Waals surface area (Å²) in [6.45, 7) is 14.0. The highest BCUT2D eigenvalue weighted by molar-refractivity contribution is 6.31. The summed E-state index contributed by atoms with van der Waals surface area (Å²) < 4.78 is 0. The third-order valence-electron chi connectivity index (χ3n) is 10.1. The molecule has 234 valence electrons. The molecule has 3 amide bonds. The van der Waals surface area contributed by atoms with Gasteiger partial charge in [-0.2, -0.15) is 0 Å². The summed E-state index contributed by atoms with van der Waals surface area (Å²) in [5.41, 5.74) is 1.98. The maximum absolute atomic E-state index is 13.8. The molecular weight excluding hydrogens is 548 g/mol. The average molecular weight is 601 g/mol. The molecule has 8 heteroatoms. The van der Waals surface area contributed by atoms with Gasteiger partial charge in [-0.25, -0.2) is 0 Å². The second kappa shape index (κ2) is 13.6. The number of amides is 3. The fourth-order valence-electron chi connectivity index (χ4n) is 7.52. The van der Waals surface area contributed by atoms with Crippen LogP contribution in [0.15, 0.2) is 12.1 Å². The second-order valence-corrected chi connectivity index (χ2v) is 14.7. The Morgan fingerprint density at radius 2 is 1.64 bits per heavy atom. The van der Waals surface area contributed by atoms with Crippen LogP contribution in [0.5, 0.6) is 0 Å². The summed E-state index contributed by atoms with van der Waals surface area (Å²) in [5.74, 6) is 0.214. The van der Waals surface area contributed by atoms with Gasteiger partial charge in [0.05, 0.1) is 5.92 Å². The third-order valence-corrected chi connectivity index (χ3v) is 10.3. The van der Waals surface area contributed by atoms with E-state index in [1.807, 2.05) is 38.7 Å². The molecule has 1 aromatic carbocycles. The predicted molar refractivity (Wildman–Crippen MR) is 171 cm³/mol. The smallest absolute Gasteiger partial charge is 0.251 e. The molecule has 1 saturated carbocycles. The number of benzene rings is 1. The Morgan fingerprint density at radius 3 is 2.24 bits per heavy atom. The van der Waals surface area contributed by atoms with E-state index in [-0.39, 0.29) is 47.1 Å². The van der Waals surface area contributed by atoms with Crippen LogP contribution in [0.2, 0.25) is 5.02 Å². The van der Waals surface area contributed by atoms with Crippen LogP contribution in [0.3, 0.4) is 0 Å². The Bertz CT molecular complexity index is 1130. The minimum absolute atomic E-state index is 0.185. The van der Waals surface area contributed by atoms with Crippen LogP contribution in [0, 0.1) is 24.2 Å². The first-order valence-corrected chi connectivity index (χ1v) is 16.6. The molecule has 2 saturated heterocycles. The quantitative estimate of drug-likeness (QED) is 0.381. The topological polar surface area (TPSA) is 73.0 Å². The lowest BCUT2D eigenvalue weighted by atomic mass is 9.81. The fraction of sp³-hybridized carbons (Fsp3) is 0.735. The molecular formula is C34H53ClN4O3. The molecule has 0 bridgehead atoms. The Morgan fingerprint density at radius 1 is 1.02 bits per heavy atom. The predicted octanol–water partition coefficient (Wildman–Crippen LogP) is 6.45. The van der Waals surface area contributed by atoms with Gasteiger partial charge in [-0.05, 0) is 69.6 Å². The van der Waals surface area contributed by atoms with Crippen LogP contribution in [-0.4, -0.2) is 72.3 Å². The highest BCUT2D eigenvalue weighted by Crippen LogP contribution is 2.35. The molecule has 42 heavy (non-hydrogen) atoms. The zero-order chi connectivity index (χ0) is 30.8. The Balaban J connectivity index is 1.43. The monoisotopic (exact) mass is 600 g/mol. The number of hydrogen-bond donors (Lipinski definition) is 1. The number of nitrogens with one attached hydrogen (secondary N) is 1. The van der Waals surface area contributed by atoms with E-state index in [9.17, 15) is 14.4 Å². The second-order valence-electron chi connectivity index (χ2n) is 14.3. The number of likely N-dealkylation sites (tertiary alicyclic amines) is 2. The largest absolute Gasteiger partial charge is 0.371 e. The minimum atomic E-state index is -0.379. The number of anilines is 1. The van der Waals surface area contributed by atoms with E-state index >= 15 is 0 Å². The Kier molecular flexibility index (Phi) is 10.5. The van der Waals surface area contributed by atoms with Gasteiger partial charge in [0.1, 0.15) is 0 Å². The van der Waals surface area contributed by atoms with E-state index in [0.29, 0.717) is 23.2 Å². The van der Waals surface area contributed by atoms with Crippen LogP contribution in [0.4, 0.5) is 5.69 Å². The number of carbonyl (C=O) groups excluding carboxylic acids is 3. The van der Waals surface area contributed by atoms with E-state index in [0.717, 1.165) is 56.4 Å². The average Bonchev–Trinajstić information content (AvgIpc) is 3.22. The maximum atomic E-state index is 13.8. The molecule has 3 fully saturated rings. The lowest BCUT2D eigenvalue weighted by Gasteiger charge is -2.45. The number of piperidine rings is 2. The molecule has 1 aromatic rings. The molecule has 7 nitrogen and oxygen atoms in total. The van der Waals surface area contributed by atoms with Gasteiger partial charge in [-0.3, -0.25) is 14.4 Å². The van der Waals surface area contributed by atoms with Crippen molar-refractivity contribution >= 4 is 35.0 Å². The zero-order valence-electron chi connectivity index (χ0n) is 27.0. The molecule has 4 rings (SSSR count). The van der Waals surface area contributed by atoms with Gasteiger partial charge < -0.3 is 20.0 Å². The Labute approximate surface area is 258 Å². The first-order chi connectivity index (χ1) is 19.8. The molecule has 3 unspecified atom stereocenters. The summed E-state index contributed by atoms with van der Waals surface area (Å²) in [7, 11) is 2.05. The summed E-state index contributed by atoms with van der Waals surface area (Å²) in [6, 6.07) is 4.49. The van der Waals surface area contributed by atoms with Gasteiger partial charge in [0.25, 0.3) is 5.91 Å². The minimum Gasteiger partial charge on any atom is -0.371 e. The number of halogens is 1. The van der Waals surface area contributed by atoms with Crippen molar-refractivity contribution in [3.63, 3.8) is 0 Å². The summed E-state index contributed by atoms with van der Waals surface area (Å²) in [6.07, 6.45) is 9.78. The summed E-state index contributed by atoms with van der Waals surface area (Å²) in [5, 5.41) is 3.64. The lowest BCUT2D eigenvalue weighted by Crippen LogP contribution is -2.56. The molecule has 0 radical (unpaired) electrons. The SMILES string of the molecule is Cc1c(C(=O)NCC2C(=O)N(C3CCCCCC3)C(C)CC2C)cc(Cl)cc1N(C)C1CCN(C(=O)C(C)(C)C)CC1. The van der Waals surface area contributed by atoms with Crippen molar-refractivity contribution in [2.24, 2.45) is 17.3 Å². The van der Waals surface area contributed by atoms with Crippen molar-refractivity contribution in [3.05, 3.63) is 28.3 Å². The molecule has 3 aliphatic rings. The molecule has 1 N–H and O–H groups in total. The first kappa shape index (κ1) is 32.6. The maximum Gasteiger partial charge on any atom is 0.251 e. The Hall–Kier alpha value is -2.28. The van der Waals surface area contributed by atoms with Crippen molar-refractivity contribution in [1.29, 1.82) is 0 Å². The molecule has 0 spiro atoms. The van der Waals surface area contributed by atoms with Crippen molar-refractivity contribution in [2.75, 3.05) is 31.6 Å².